The minimum atomic E-state index is -0.0603. The SMILES string of the molecule is Cc1cc(C)c2cc3c(nc2n1)n(Cc1ccccc1)c(=O)n3Cc1ccccc1. The van der Waals surface area contributed by atoms with E-state index in [2.05, 4.69) is 24.0 Å². The van der Waals surface area contributed by atoms with Crippen LogP contribution in [0.2, 0.25) is 0 Å². The van der Waals surface area contributed by atoms with E-state index in [9.17, 15) is 4.79 Å². The summed E-state index contributed by atoms with van der Waals surface area (Å²) < 4.78 is 3.58. The van der Waals surface area contributed by atoms with Crippen molar-refractivity contribution in [2.45, 2.75) is 26.9 Å². The van der Waals surface area contributed by atoms with Crippen molar-refractivity contribution in [1.29, 1.82) is 0 Å². The summed E-state index contributed by atoms with van der Waals surface area (Å²) in [5.41, 5.74) is 6.30. The van der Waals surface area contributed by atoms with Gasteiger partial charge in [0.1, 0.15) is 0 Å². The van der Waals surface area contributed by atoms with Gasteiger partial charge in [-0.15, -0.1) is 0 Å². The van der Waals surface area contributed by atoms with E-state index in [1.807, 2.05) is 72.2 Å². The smallest absolute Gasteiger partial charge is 0.286 e. The van der Waals surface area contributed by atoms with Crippen molar-refractivity contribution >= 4 is 22.2 Å². The van der Waals surface area contributed by atoms with Gasteiger partial charge in [0.25, 0.3) is 0 Å². The number of nitrogens with zero attached hydrogens (tertiary/aromatic N) is 4. The topological polar surface area (TPSA) is 52.7 Å². The fourth-order valence-corrected chi connectivity index (χ4v) is 4.01. The van der Waals surface area contributed by atoms with Crippen LogP contribution in [0.3, 0.4) is 0 Å². The lowest BCUT2D eigenvalue weighted by Gasteiger charge is -2.06. The second-order valence-electron chi connectivity index (χ2n) is 7.71. The van der Waals surface area contributed by atoms with Crippen molar-refractivity contribution in [3.05, 3.63) is 106 Å². The molecule has 0 spiro atoms. The molecule has 5 rings (SSSR count). The number of pyridine rings is 2. The second kappa shape index (κ2) is 7.26. The molecule has 0 N–H and O–H groups in total. The molecule has 3 aromatic heterocycles. The van der Waals surface area contributed by atoms with Crippen molar-refractivity contribution in [3.63, 3.8) is 0 Å². The van der Waals surface area contributed by atoms with Crippen LogP contribution in [0.25, 0.3) is 22.2 Å². The molecule has 0 saturated carbocycles. The minimum absolute atomic E-state index is 0.0603. The van der Waals surface area contributed by atoms with Crippen LogP contribution in [0, 0.1) is 13.8 Å². The first-order valence-electron chi connectivity index (χ1n) is 10.1. The van der Waals surface area contributed by atoms with Crippen LogP contribution in [-0.4, -0.2) is 19.1 Å². The zero-order chi connectivity index (χ0) is 20.7. The Morgan fingerprint density at radius 3 is 2.00 bits per heavy atom. The Hall–Kier alpha value is -3.73. The summed E-state index contributed by atoms with van der Waals surface area (Å²) >= 11 is 0. The van der Waals surface area contributed by atoms with E-state index in [0.29, 0.717) is 24.4 Å². The van der Waals surface area contributed by atoms with E-state index in [1.165, 1.54) is 0 Å². The Balaban J connectivity index is 1.78. The Morgan fingerprint density at radius 1 is 0.767 bits per heavy atom. The van der Waals surface area contributed by atoms with Crippen LogP contribution in [0.5, 0.6) is 0 Å². The summed E-state index contributed by atoms with van der Waals surface area (Å²) in [5, 5.41) is 0.978. The maximum atomic E-state index is 13.5. The van der Waals surface area contributed by atoms with E-state index < -0.39 is 0 Å². The number of hydrogen-bond donors (Lipinski definition) is 0. The van der Waals surface area contributed by atoms with Gasteiger partial charge < -0.3 is 0 Å². The number of benzene rings is 2. The highest BCUT2D eigenvalue weighted by Gasteiger charge is 2.17. The Morgan fingerprint density at radius 2 is 1.37 bits per heavy atom. The summed E-state index contributed by atoms with van der Waals surface area (Å²) in [5.74, 6) is 0. The molecule has 2 aromatic carbocycles. The van der Waals surface area contributed by atoms with E-state index in [0.717, 1.165) is 33.3 Å². The van der Waals surface area contributed by atoms with Crippen molar-refractivity contribution in [2.75, 3.05) is 0 Å². The summed E-state index contributed by atoms with van der Waals surface area (Å²) in [6, 6.07) is 24.2. The zero-order valence-electron chi connectivity index (χ0n) is 17.0. The highest BCUT2D eigenvalue weighted by atomic mass is 16.1. The lowest BCUT2D eigenvalue weighted by Crippen LogP contribution is -2.25. The molecule has 0 atom stereocenters. The minimum Gasteiger partial charge on any atom is -0.286 e. The van der Waals surface area contributed by atoms with Gasteiger partial charge in [0, 0.05) is 11.1 Å². The normalized spacial score (nSPS) is 11.4. The third-order valence-electron chi connectivity index (χ3n) is 5.47. The van der Waals surface area contributed by atoms with E-state index in [-0.39, 0.29) is 5.69 Å². The molecule has 148 valence electrons. The number of aromatic nitrogens is 4. The molecule has 5 heteroatoms. The lowest BCUT2D eigenvalue weighted by atomic mass is 10.1. The summed E-state index contributed by atoms with van der Waals surface area (Å²) in [4.78, 5) is 23.0. The van der Waals surface area contributed by atoms with Gasteiger partial charge in [-0.05, 0) is 42.7 Å². The van der Waals surface area contributed by atoms with Crippen LogP contribution in [0.4, 0.5) is 0 Å². The van der Waals surface area contributed by atoms with Gasteiger partial charge in [-0.25, -0.2) is 14.8 Å². The standard InChI is InChI=1S/C25H22N4O/c1-17-13-18(2)26-23-21(17)14-22-24(27-23)29(16-20-11-7-4-8-12-20)25(30)28(22)15-19-9-5-3-6-10-19/h3-14H,15-16H2,1-2H3. The molecule has 0 unspecified atom stereocenters. The van der Waals surface area contributed by atoms with Crippen LogP contribution in [-0.2, 0) is 13.1 Å². The van der Waals surface area contributed by atoms with Crippen molar-refractivity contribution < 1.29 is 0 Å². The second-order valence-corrected chi connectivity index (χ2v) is 7.71. The summed E-state index contributed by atoms with van der Waals surface area (Å²) in [6.07, 6.45) is 0. The zero-order valence-corrected chi connectivity index (χ0v) is 17.0. The third-order valence-corrected chi connectivity index (χ3v) is 5.47. The molecule has 5 nitrogen and oxygen atoms in total. The number of hydrogen-bond acceptors (Lipinski definition) is 3. The van der Waals surface area contributed by atoms with E-state index >= 15 is 0 Å². The molecule has 0 aliphatic rings. The first kappa shape index (κ1) is 18.3. The number of fused-ring (bicyclic) bond motifs is 2. The lowest BCUT2D eigenvalue weighted by molar-refractivity contribution is 0.698. The molecule has 3 heterocycles. The molecule has 0 bridgehead atoms. The molecule has 30 heavy (non-hydrogen) atoms. The van der Waals surface area contributed by atoms with Crippen molar-refractivity contribution in [3.8, 4) is 0 Å². The molecule has 0 radical (unpaired) electrons. The predicted octanol–water partition coefficient (Wildman–Crippen LogP) is 4.46. The van der Waals surface area contributed by atoms with Gasteiger partial charge in [-0.2, -0.15) is 0 Å². The van der Waals surface area contributed by atoms with Crippen LogP contribution >= 0.6 is 0 Å². The summed E-state index contributed by atoms with van der Waals surface area (Å²) in [7, 11) is 0. The molecule has 5 aromatic rings. The highest BCUT2D eigenvalue weighted by molar-refractivity contribution is 5.90. The molecular formula is C25H22N4O. The Bertz CT molecular complexity index is 1420. The van der Waals surface area contributed by atoms with Gasteiger partial charge in [0.2, 0.25) is 0 Å². The molecule has 0 fully saturated rings. The predicted molar refractivity (Wildman–Crippen MR) is 120 cm³/mol. The Labute approximate surface area is 174 Å². The van der Waals surface area contributed by atoms with Crippen LogP contribution in [0.15, 0.2) is 77.6 Å². The molecule has 0 aliphatic heterocycles. The maximum absolute atomic E-state index is 13.5. The fraction of sp³-hybridized carbons (Fsp3) is 0.160. The molecule has 0 amide bonds. The molecule has 0 saturated heterocycles. The van der Waals surface area contributed by atoms with Crippen LogP contribution < -0.4 is 5.69 Å². The third kappa shape index (κ3) is 3.18. The number of rotatable bonds is 4. The molecular weight excluding hydrogens is 372 g/mol. The first-order chi connectivity index (χ1) is 14.6. The highest BCUT2D eigenvalue weighted by Crippen LogP contribution is 2.23. The first-order valence-corrected chi connectivity index (χ1v) is 10.1. The largest absolute Gasteiger partial charge is 0.330 e. The monoisotopic (exact) mass is 394 g/mol. The van der Waals surface area contributed by atoms with E-state index in [4.69, 9.17) is 4.98 Å². The number of imidazole rings is 1. The molecule has 0 aliphatic carbocycles. The van der Waals surface area contributed by atoms with Crippen molar-refractivity contribution in [2.24, 2.45) is 0 Å². The number of aryl methyl sites for hydroxylation is 2. The average Bonchev–Trinajstić information content (AvgIpc) is 2.99. The van der Waals surface area contributed by atoms with Gasteiger partial charge in [0.05, 0.1) is 18.6 Å². The van der Waals surface area contributed by atoms with Gasteiger partial charge in [-0.3, -0.25) is 9.13 Å². The van der Waals surface area contributed by atoms with Gasteiger partial charge in [-0.1, -0.05) is 60.7 Å². The average molecular weight is 394 g/mol. The van der Waals surface area contributed by atoms with Crippen LogP contribution in [0.1, 0.15) is 22.4 Å². The fourth-order valence-electron chi connectivity index (χ4n) is 4.01. The van der Waals surface area contributed by atoms with Crippen molar-refractivity contribution in [1.82, 2.24) is 19.1 Å². The maximum Gasteiger partial charge on any atom is 0.330 e. The Kier molecular flexibility index (Phi) is 4.43. The van der Waals surface area contributed by atoms with E-state index in [1.54, 1.807) is 4.57 Å². The summed E-state index contributed by atoms with van der Waals surface area (Å²) in [6.45, 7) is 5.01. The quantitative estimate of drug-likeness (QED) is 0.452. The van der Waals surface area contributed by atoms with Gasteiger partial charge >= 0.3 is 5.69 Å². The van der Waals surface area contributed by atoms with Gasteiger partial charge in [0.15, 0.2) is 11.3 Å².